The van der Waals surface area contributed by atoms with Gasteiger partial charge in [0.15, 0.2) is 0 Å². The van der Waals surface area contributed by atoms with Crippen molar-refractivity contribution in [1.82, 2.24) is 5.32 Å². The van der Waals surface area contributed by atoms with E-state index in [1.165, 1.54) is 29.7 Å². The number of aliphatic imine (C=N–C) groups is 2. The Morgan fingerprint density at radius 1 is 1.00 bits per heavy atom. The highest BCUT2D eigenvalue weighted by molar-refractivity contribution is 6.06. The van der Waals surface area contributed by atoms with Crippen molar-refractivity contribution in [3.63, 3.8) is 0 Å². The van der Waals surface area contributed by atoms with Crippen LogP contribution in [-0.4, -0.2) is 103 Å². The summed E-state index contributed by atoms with van der Waals surface area (Å²) in [6.07, 6.45) is 4.49. The average Bonchev–Trinajstić information content (AvgIpc) is 3.70. The van der Waals surface area contributed by atoms with Gasteiger partial charge < -0.3 is 40.8 Å². The van der Waals surface area contributed by atoms with Crippen molar-refractivity contribution in [2.45, 2.75) is 78.2 Å². The smallest absolute Gasteiger partial charge is 0.327 e. The first-order chi connectivity index (χ1) is 29.2. The molecule has 2 aliphatic heterocycles. The first-order valence-electron chi connectivity index (χ1n) is 20.6. The molecule has 0 radical (unpaired) electrons. The lowest BCUT2D eigenvalue weighted by Gasteiger charge is -2.37. The van der Waals surface area contributed by atoms with Gasteiger partial charge in [0.05, 0.1) is 64.7 Å². The van der Waals surface area contributed by atoms with Crippen LogP contribution in [0, 0.1) is 24.1 Å². The Bertz CT molecular complexity index is 1690. The first kappa shape index (κ1) is 50.9. The van der Waals surface area contributed by atoms with Crippen LogP contribution >= 0.6 is 0 Å². The van der Waals surface area contributed by atoms with Crippen LogP contribution in [0.4, 0.5) is 30.6 Å². The predicted molar refractivity (Wildman–Crippen MR) is 243 cm³/mol. The van der Waals surface area contributed by atoms with E-state index in [9.17, 15) is 13.6 Å². The number of hydrogen-bond acceptors (Lipinski definition) is 9. The highest BCUT2D eigenvalue weighted by Crippen LogP contribution is 2.38. The summed E-state index contributed by atoms with van der Waals surface area (Å²) in [5.74, 6) is 0.571. The maximum Gasteiger partial charge on any atom is 0.327 e. The van der Waals surface area contributed by atoms with Gasteiger partial charge in [-0.15, -0.1) is 0 Å². The summed E-state index contributed by atoms with van der Waals surface area (Å²) in [5.41, 5.74) is 13.8. The number of nitrogens with zero attached hydrogens (tertiary/aromatic N) is 5. The van der Waals surface area contributed by atoms with Gasteiger partial charge in [-0.1, -0.05) is 39.8 Å². The van der Waals surface area contributed by atoms with Gasteiger partial charge in [0.2, 0.25) is 0 Å². The van der Waals surface area contributed by atoms with Crippen molar-refractivity contribution in [2.75, 3.05) is 74.4 Å². The Labute approximate surface area is 356 Å². The lowest BCUT2D eigenvalue weighted by molar-refractivity contribution is 0.00572. The molecule has 2 aliphatic rings. The number of urea groups is 1. The van der Waals surface area contributed by atoms with E-state index in [0.717, 1.165) is 61.6 Å². The Balaban J connectivity index is 0.00000198. The molecule has 6 N–H and O–H groups in total. The molecule has 2 heterocycles. The SMILES string of the molecule is CC.CC(C)C(NC(=O)N(C=N)c1ccc(N2CCN(c3ccc(OC4COC(CN=CN=CN)(c5ccc(F)cc5)C4)cc3)CC2)cc1)C(C)OCCCN.CF.[CH2+]C. The van der Waals surface area contributed by atoms with Crippen molar-refractivity contribution in [3.05, 3.63) is 91.1 Å². The molecule has 4 atom stereocenters. The number of carbonyl (C=O) groups excluding carboxylic acids is 1. The van der Waals surface area contributed by atoms with E-state index < -0.39 is 5.60 Å². The predicted octanol–water partition coefficient (Wildman–Crippen LogP) is 7.58. The fourth-order valence-electron chi connectivity index (χ4n) is 6.96. The molecule has 13 nitrogen and oxygen atoms in total. The molecular weight excluding hydrogens is 769 g/mol. The molecule has 330 valence electrons. The number of ether oxygens (including phenoxy) is 3. The van der Waals surface area contributed by atoms with Crippen LogP contribution in [0.25, 0.3) is 0 Å². The minimum absolute atomic E-state index is 0.138. The number of piperazine rings is 1. The summed E-state index contributed by atoms with van der Waals surface area (Å²) in [4.78, 5) is 27.5. The lowest BCUT2D eigenvalue weighted by Crippen LogP contribution is -2.51. The van der Waals surface area contributed by atoms with Crippen molar-refractivity contribution >= 4 is 42.1 Å². The highest BCUT2D eigenvalue weighted by atomic mass is 19.1. The molecule has 3 aromatic carbocycles. The number of hydrogen-bond donors (Lipinski definition) is 4. The molecule has 5 rings (SSSR count). The summed E-state index contributed by atoms with van der Waals surface area (Å²) in [6, 6.07) is 21.6. The van der Waals surface area contributed by atoms with E-state index in [4.69, 9.17) is 31.1 Å². The molecule has 3 aromatic rings. The van der Waals surface area contributed by atoms with E-state index in [1.807, 2.05) is 71.0 Å². The number of carbonyl (C=O) groups is 1. The van der Waals surface area contributed by atoms with Crippen molar-refractivity contribution < 1.29 is 27.8 Å². The van der Waals surface area contributed by atoms with E-state index in [-0.39, 0.29) is 36.0 Å². The van der Waals surface area contributed by atoms with Gasteiger partial charge in [-0.3, -0.25) is 19.7 Å². The van der Waals surface area contributed by atoms with Crippen LogP contribution in [0.5, 0.6) is 5.75 Å². The number of anilines is 3. The van der Waals surface area contributed by atoms with Crippen LogP contribution in [0.3, 0.4) is 0 Å². The van der Waals surface area contributed by atoms with Gasteiger partial charge in [-0.05, 0) is 92.0 Å². The maximum atomic E-state index is 13.7. The van der Waals surface area contributed by atoms with Crippen molar-refractivity contribution in [1.29, 1.82) is 5.41 Å². The number of rotatable bonds is 17. The number of nitrogens with two attached hydrogens (primary N) is 2. The quantitative estimate of drug-likeness (QED) is 0.0467. The Hall–Kier alpha value is -5.25. The normalized spacial score (nSPS) is 18.4. The molecule has 2 amide bonds. The molecule has 0 aliphatic carbocycles. The van der Waals surface area contributed by atoms with Crippen LogP contribution in [-0.2, 0) is 15.1 Å². The minimum atomic E-state index is -0.761. The number of alkyl halides is 1. The zero-order chi connectivity index (χ0) is 44.5. The second-order valence-corrected chi connectivity index (χ2v) is 13.9. The second kappa shape index (κ2) is 27.5. The zero-order valence-electron chi connectivity index (χ0n) is 36.5. The summed E-state index contributed by atoms with van der Waals surface area (Å²) >= 11 is 0. The molecule has 15 heteroatoms. The third kappa shape index (κ3) is 14.8. The Kier molecular flexibility index (Phi) is 23.3. The molecule has 60 heavy (non-hydrogen) atoms. The molecular formula is C45H68F2N9O4+. The standard InChI is InChI=1S/C40H54FN9O4.C2H6.C2H5.CH3F/c1-29(2)38(30(3)52-22-4-17-42)47-39(51)50(27-44)35-11-9-33(10-12-35)48-18-20-49(21-19-48)34-13-15-36(16-14-34)54-37-23-40(53-24-37,25-45-28-46-26-43)31-5-7-32(41)8-6-31;3*1-2/h5-16,26-30,37-38,44H,4,17-25,42H2,1-3H3,(H,47,51)(H2,43,45,46);1-2H3;1H2,2H3;1H3/q;;+1;. The second-order valence-electron chi connectivity index (χ2n) is 13.9. The molecule has 2 fully saturated rings. The first-order valence-corrected chi connectivity index (χ1v) is 20.6. The van der Waals surface area contributed by atoms with Gasteiger partial charge >= 0.3 is 6.03 Å². The summed E-state index contributed by atoms with van der Waals surface area (Å²) in [7, 11) is 0.500. The van der Waals surface area contributed by atoms with Crippen LogP contribution < -0.4 is 36.2 Å². The van der Waals surface area contributed by atoms with Gasteiger partial charge in [-0.2, -0.15) is 0 Å². The summed E-state index contributed by atoms with van der Waals surface area (Å²) in [6.45, 7) is 20.1. The third-order valence-corrected chi connectivity index (χ3v) is 9.92. The lowest BCUT2D eigenvalue weighted by atomic mass is 9.90. The fourth-order valence-corrected chi connectivity index (χ4v) is 6.96. The van der Waals surface area contributed by atoms with Crippen LogP contribution in [0.1, 0.15) is 59.9 Å². The minimum Gasteiger partial charge on any atom is -0.488 e. The van der Waals surface area contributed by atoms with Crippen LogP contribution in [0.15, 0.2) is 82.8 Å². The molecule has 0 aromatic heterocycles. The van der Waals surface area contributed by atoms with E-state index in [0.29, 0.717) is 45.6 Å². The number of nitrogens with one attached hydrogen (secondary N) is 2. The summed E-state index contributed by atoms with van der Waals surface area (Å²) in [5, 5.41) is 11.0. The average molecular weight is 837 g/mol. The molecule has 0 spiro atoms. The number of halogens is 2. The van der Waals surface area contributed by atoms with Crippen LogP contribution in [0.2, 0.25) is 0 Å². The summed E-state index contributed by atoms with van der Waals surface area (Å²) < 4.78 is 41.7. The topological polar surface area (TPSA) is 167 Å². The van der Waals surface area contributed by atoms with E-state index >= 15 is 0 Å². The number of benzene rings is 3. The number of amides is 2. The maximum absolute atomic E-state index is 13.7. The fraction of sp³-hybridized carbons (Fsp3) is 0.489. The Morgan fingerprint density at radius 2 is 1.57 bits per heavy atom. The van der Waals surface area contributed by atoms with Gasteiger partial charge in [-0.25, -0.2) is 14.2 Å². The molecule has 0 saturated carbocycles. The van der Waals surface area contributed by atoms with Crippen molar-refractivity contribution in [2.24, 2.45) is 27.4 Å². The third-order valence-electron chi connectivity index (χ3n) is 9.92. The largest absolute Gasteiger partial charge is 0.488 e. The monoisotopic (exact) mass is 837 g/mol. The van der Waals surface area contributed by atoms with Gasteiger partial charge in [0, 0.05) is 50.6 Å². The molecule has 4 unspecified atom stereocenters. The zero-order valence-corrected chi connectivity index (χ0v) is 36.5. The molecule has 0 bridgehead atoms. The molecule has 2 saturated heterocycles. The van der Waals surface area contributed by atoms with E-state index in [2.05, 4.69) is 44.2 Å². The highest BCUT2D eigenvalue weighted by Gasteiger charge is 2.43. The van der Waals surface area contributed by atoms with Gasteiger partial charge in [0.25, 0.3) is 0 Å². The Morgan fingerprint density at radius 3 is 2.08 bits per heavy atom. The van der Waals surface area contributed by atoms with Gasteiger partial charge in [0.1, 0.15) is 29.6 Å². The van der Waals surface area contributed by atoms with Crippen molar-refractivity contribution in [3.8, 4) is 5.75 Å². The van der Waals surface area contributed by atoms with E-state index in [1.54, 1.807) is 19.1 Å².